The molecule has 1 saturated heterocycles. The zero-order chi connectivity index (χ0) is 10.8. The molecule has 1 atom stereocenters. The van der Waals surface area contributed by atoms with Gasteiger partial charge >= 0.3 is 0 Å². The Morgan fingerprint density at radius 2 is 2.00 bits per heavy atom. The first-order chi connectivity index (χ1) is 7.16. The van der Waals surface area contributed by atoms with Gasteiger partial charge in [0.25, 0.3) is 0 Å². The number of rotatable bonds is 1. The van der Waals surface area contributed by atoms with Crippen molar-refractivity contribution in [1.29, 1.82) is 0 Å². The number of halogens is 1. The highest BCUT2D eigenvalue weighted by Gasteiger charge is 2.26. The second kappa shape index (κ2) is 4.11. The van der Waals surface area contributed by atoms with E-state index in [1.807, 2.05) is 11.9 Å². The number of carbonyl (C=O) groups is 1. The Morgan fingerprint density at radius 3 is 2.60 bits per heavy atom. The molecule has 2 rings (SSSR count). The number of piperidine rings is 1. The standard InChI is InChI=1S/C12H14FNO/c1-14-7-6-11(12(15)8-14)9-2-4-10(13)5-3-9/h2-5,11H,6-8H2,1H3. The number of nitrogens with zero attached hydrogens (tertiary/aromatic N) is 1. The number of likely N-dealkylation sites (tertiary alicyclic amines) is 1. The molecule has 0 amide bonds. The van der Waals surface area contributed by atoms with Crippen molar-refractivity contribution in [1.82, 2.24) is 4.90 Å². The maximum atomic E-state index is 12.7. The second-order valence-corrected chi connectivity index (χ2v) is 4.10. The van der Waals surface area contributed by atoms with Crippen molar-refractivity contribution in [2.24, 2.45) is 0 Å². The molecular formula is C12H14FNO. The van der Waals surface area contributed by atoms with Gasteiger partial charge in [0.15, 0.2) is 5.78 Å². The van der Waals surface area contributed by atoms with Crippen LogP contribution in [0.5, 0.6) is 0 Å². The Morgan fingerprint density at radius 1 is 1.33 bits per heavy atom. The quantitative estimate of drug-likeness (QED) is 0.700. The van der Waals surface area contributed by atoms with Gasteiger partial charge in [-0.15, -0.1) is 0 Å². The fraction of sp³-hybridized carbons (Fsp3) is 0.417. The molecule has 0 radical (unpaired) electrons. The molecular weight excluding hydrogens is 193 g/mol. The van der Waals surface area contributed by atoms with E-state index in [0.29, 0.717) is 6.54 Å². The lowest BCUT2D eigenvalue weighted by molar-refractivity contribution is -0.123. The van der Waals surface area contributed by atoms with Gasteiger partial charge in [-0.3, -0.25) is 9.69 Å². The molecule has 0 N–H and O–H groups in total. The van der Waals surface area contributed by atoms with E-state index < -0.39 is 0 Å². The Balaban J connectivity index is 2.17. The molecule has 1 aliphatic heterocycles. The van der Waals surface area contributed by atoms with Gasteiger partial charge in [0.05, 0.1) is 6.54 Å². The van der Waals surface area contributed by atoms with E-state index in [9.17, 15) is 9.18 Å². The summed E-state index contributed by atoms with van der Waals surface area (Å²) in [6.45, 7) is 1.43. The SMILES string of the molecule is CN1CCC(c2ccc(F)cc2)C(=O)C1. The summed E-state index contributed by atoms with van der Waals surface area (Å²) in [6.07, 6.45) is 0.834. The maximum Gasteiger partial charge on any atom is 0.154 e. The van der Waals surface area contributed by atoms with Gasteiger partial charge in [-0.1, -0.05) is 12.1 Å². The molecule has 1 fully saturated rings. The number of ketones is 1. The summed E-state index contributed by atoms with van der Waals surface area (Å²) < 4.78 is 12.7. The van der Waals surface area contributed by atoms with E-state index in [1.54, 1.807) is 12.1 Å². The number of likely N-dealkylation sites (N-methyl/N-ethyl adjacent to an activating group) is 1. The number of carbonyl (C=O) groups excluding carboxylic acids is 1. The fourth-order valence-electron chi connectivity index (χ4n) is 2.01. The third kappa shape index (κ3) is 2.23. The van der Waals surface area contributed by atoms with Crippen LogP contribution < -0.4 is 0 Å². The molecule has 15 heavy (non-hydrogen) atoms. The van der Waals surface area contributed by atoms with Crippen molar-refractivity contribution in [3.63, 3.8) is 0 Å². The lowest BCUT2D eigenvalue weighted by atomic mass is 9.88. The van der Waals surface area contributed by atoms with Crippen LogP contribution in [-0.2, 0) is 4.79 Å². The first-order valence-electron chi connectivity index (χ1n) is 5.13. The second-order valence-electron chi connectivity index (χ2n) is 4.10. The van der Waals surface area contributed by atoms with Crippen molar-refractivity contribution in [2.75, 3.05) is 20.1 Å². The monoisotopic (exact) mass is 207 g/mol. The first-order valence-corrected chi connectivity index (χ1v) is 5.13. The van der Waals surface area contributed by atoms with E-state index in [-0.39, 0.29) is 17.5 Å². The predicted octanol–water partition coefficient (Wildman–Crippen LogP) is 1.81. The zero-order valence-corrected chi connectivity index (χ0v) is 8.74. The minimum absolute atomic E-state index is 0.0400. The average Bonchev–Trinajstić information content (AvgIpc) is 2.20. The summed E-state index contributed by atoms with van der Waals surface area (Å²) in [5.74, 6) is -0.0590. The molecule has 2 nitrogen and oxygen atoms in total. The van der Waals surface area contributed by atoms with Crippen LogP contribution in [0.1, 0.15) is 17.9 Å². The summed E-state index contributed by atoms with van der Waals surface area (Å²) >= 11 is 0. The van der Waals surface area contributed by atoms with Gasteiger partial charge in [-0.2, -0.15) is 0 Å². The minimum Gasteiger partial charge on any atom is -0.299 e. The molecule has 1 aliphatic rings. The molecule has 1 heterocycles. The van der Waals surface area contributed by atoms with E-state index in [1.165, 1.54) is 12.1 Å². The normalized spacial score (nSPS) is 23.1. The molecule has 0 aromatic heterocycles. The average molecular weight is 207 g/mol. The summed E-state index contributed by atoms with van der Waals surface area (Å²) in [5, 5.41) is 0. The molecule has 0 aliphatic carbocycles. The summed E-state index contributed by atoms with van der Waals surface area (Å²) in [6, 6.07) is 6.26. The van der Waals surface area contributed by atoms with E-state index in [2.05, 4.69) is 0 Å². The van der Waals surface area contributed by atoms with Crippen molar-refractivity contribution in [3.8, 4) is 0 Å². The first kappa shape index (κ1) is 10.3. The lowest BCUT2D eigenvalue weighted by Gasteiger charge is -2.27. The predicted molar refractivity (Wildman–Crippen MR) is 56.3 cm³/mol. The molecule has 0 saturated carbocycles. The highest BCUT2D eigenvalue weighted by molar-refractivity contribution is 5.88. The van der Waals surface area contributed by atoms with Gasteiger partial charge < -0.3 is 0 Å². The maximum absolute atomic E-state index is 12.7. The Bertz CT molecular complexity index is 360. The number of hydrogen-bond donors (Lipinski definition) is 0. The molecule has 0 spiro atoms. The van der Waals surface area contributed by atoms with E-state index in [4.69, 9.17) is 0 Å². The molecule has 3 heteroatoms. The van der Waals surface area contributed by atoms with Gasteiger partial charge in [0, 0.05) is 5.92 Å². The van der Waals surface area contributed by atoms with E-state index >= 15 is 0 Å². The van der Waals surface area contributed by atoms with Crippen LogP contribution >= 0.6 is 0 Å². The highest BCUT2D eigenvalue weighted by atomic mass is 19.1. The third-order valence-corrected chi connectivity index (χ3v) is 2.89. The lowest BCUT2D eigenvalue weighted by Crippen LogP contribution is -2.37. The van der Waals surface area contributed by atoms with Crippen LogP contribution in [0.3, 0.4) is 0 Å². The third-order valence-electron chi connectivity index (χ3n) is 2.89. The summed E-state index contributed by atoms with van der Waals surface area (Å²) in [5.41, 5.74) is 0.939. The molecule has 1 unspecified atom stereocenters. The van der Waals surface area contributed by atoms with Gasteiger partial charge in [0.2, 0.25) is 0 Å². The minimum atomic E-state index is -0.251. The summed E-state index contributed by atoms with van der Waals surface area (Å²) in [7, 11) is 1.94. The molecule has 80 valence electrons. The number of benzene rings is 1. The molecule has 1 aromatic rings. The van der Waals surface area contributed by atoms with Gasteiger partial charge in [0.1, 0.15) is 5.82 Å². The smallest absolute Gasteiger partial charge is 0.154 e. The van der Waals surface area contributed by atoms with Crippen molar-refractivity contribution in [2.45, 2.75) is 12.3 Å². The Kier molecular flexibility index (Phi) is 2.82. The number of Topliss-reactive ketones (excluding diaryl/α,β-unsaturated/α-hetero) is 1. The molecule has 0 bridgehead atoms. The van der Waals surface area contributed by atoms with Gasteiger partial charge in [-0.05, 0) is 37.7 Å². The number of hydrogen-bond acceptors (Lipinski definition) is 2. The topological polar surface area (TPSA) is 20.3 Å². The van der Waals surface area contributed by atoms with Crippen LogP contribution in [0.25, 0.3) is 0 Å². The van der Waals surface area contributed by atoms with Crippen LogP contribution in [-0.4, -0.2) is 30.8 Å². The Hall–Kier alpha value is -1.22. The van der Waals surface area contributed by atoms with Crippen molar-refractivity contribution in [3.05, 3.63) is 35.6 Å². The largest absolute Gasteiger partial charge is 0.299 e. The van der Waals surface area contributed by atoms with Crippen molar-refractivity contribution < 1.29 is 9.18 Å². The fourth-order valence-corrected chi connectivity index (χ4v) is 2.01. The van der Waals surface area contributed by atoms with E-state index in [0.717, 1.165) is 18.5 Å². The summed E-state index contributed by atoms with van der Waals surface area (Å²) in [4.78, 5) is 13.8. The van der Waals surface area contributed by atoms with Crippen LogP contribution in [0.15, 0.2) is 24.3 Å². The van der Waals surface area contributed by atoms with Crippen LogP contribution in [0, 0.1) is 5.82 Å². The zero-order valence-electron chi connectivity index (χ0n) is 8.74. The van der Waals surface area contributed by atoms with Crippen molar-refractivity contribution >= 4 is 5.78 Å². The van der Waals surface area contributed by atoms with Crippen LogP contribution in [0.4, 0.5) is 4.39 Å². The highest BCUT2D eigenvalue weighted by Crippen LogP contribution is 2.24. The van der Waals surface area contributed by atoms with Gasteiger partial charge in [-0.25, -0.2) is 4.39 Å². The van der Waals surface area contributed by atoms with Crippen LogP contribution in [0.2, 0.25) is 0 Å². The Labute approximate surface area is 88.7 Å². The molecule has 1 aromatic carbocycles.